The molecule has 5 nitrogen and oxygen atoms in total. The van der Waals surface area contributed by atoms with Crippen LogP contribution in [0.4, 0.5) is 18.0 Å². The molecule has 0 radical (unpaired) electrons. The maximum Gasteiger partial charge on any atom is 0.471 e. The van der Waals surface area contributed by atoms with Crippen molar-refractivity contribution >= 4 is 12.0 Å². The number of nitrogens with one attached hydrogen (secondary N) is 1. The molecular formula is C18H23F3N2O3. The molecule has 0 spiro atoms. The average molecular weight is 372 g/mol. The fraction of sp³-hybridized carbons (Fsp3) is 0.556. The number of likely N-dealkylation sites (tertiary alicyclic amines) is 1. The van der Waals surface area contributed by atoms with Gasteiger partial charge in [0.25, 0.3) is 0 Å². The van der Waals surface area contributed by atoms with Crippen LogP contribution < -0.4 is 5.32 Å². The van der Waals surface area contributed by atoms with Crippen LogP contribution in [0.15, 0.2) is 30.3 Å². The van der Waals surface area contributed by atoms with Gasteiger partial charge in [-0.2, -0.15) is 13.2 Å². The van der Waals surface area contributed by atoms with E-state index in [9.17, 15) is 22.8 Å². The highest BCUT2D eigenvalue weighted by Gasteiger charge is 2.42. The summed E-state index contributed by atoms with van der Waals surface area (Å²) in [6.07, 6.45) is -5.26. The topological polar surface area (TPSA) is 58.6 Å². The first-order valence-electron chi connectivity index (χ1n) is 8.36. The Morgan fingerprint density at radius 1 is 1.12 bits per heavy atom. The minimum Gasteiger partial charge on any atom is -0.444 e. The zero-order valence-electron chi connectivity index (χ0n) is 15.0. The first kappa shape index (κ1) is 20.1. The van der Waals surface area contributed by atoms with E-state index in [0.29, 0.717) is 13.0 Å². The zero-order chi connectivity index (χ0) is 19.5. The van der Waals surface area contributed by atoms with Crippen LogP contribution >= 0.6 is 0 Å². The molecule has 2 atom stereocenters. The first-order valence-corrected chi connectivity index (χ1v) is 8.36. The van der Waals surface area contributed by atoms with Gasteiger partial charge < -0.3 is 15.0 Å². The number of piperidine rings is 1. The van der Waals surface area contributed by atoms with Crippen molar-refractivity contribution in [3.05, 3.63) is 35.9 Å². The second kappa shape index (κ2) is 7.55. The Hall–Kier alpha value is -2.25. The molecule has 1 heterocycles. The molecular weight excluding hydrogens is 349 g/mol. The van der Waals surface area contributed by atoms with Gasteiger partial charge in [-0.3, -0.25) is 4.79 Å². The van der Waals surface area contributed by atoms with Crippen molar-refractivity contribution in [3.63, 3.8) is 0 Å². The Kier molecular flexibility index (Phi) is 5.83. The smallest absolute Gasteiger partial charge is 0.444 e. The molecule has 1 aromatic carbocycles. The van der Waals surface area contributed by atoms with Gasteiger partial charge in [0.2, 0.25) is 0 Å². The van der Waals surface area contributed by atoms with Crippen molar-refractivity contribution in [2.24, 2.45) is 0 Å². The van der Waals surface area contributed by atoms with Crippen LogP contribution in [0.25, 0.3) is 0 Å². The highest BCUT2D eigenvalue weighted by Crippen LogP contribution is 2.28. The lowest BCUT2D eigenvalue weighted by Gasteiger charge is -2.39. The average Bonchev–Trinajstić information content (AvgIpc) is 2.53. The summed E-state index contributed by atoms with van der Waals surface area (Å²) in [6.45, 7) is 5.43. The van der Waals surface area contributed by atoms with Crippen molar-refractivity contribution in [2.45, 2.75) is 50.9 Å². The molecule has 2 amide bonds. The third-order valence-electron chi connectivity index (χ3n) is 3.97. The summed E-state index contributed by atoms with van der Waals surface area (Å²) in [5.41, 5.74) is 0.175. The second-order valence-electron chi connectivity index (χ2n) is 7.40. The molecule has 0 aromatic heterocycles. The van der Waals surface area contributed by atoms with E-state index in [-0.39, 0.29) is 12.5 Å². The molecule has 2 rings (SSSR count). The Balaban J connectivity index is 2.18. The highest BCUT2D eigenvalue weighted by molar-refractivity contribution is 5.82. The van der Waals surface area contributed by atoms with E-state index in [1.54, 1.807) is 20.8 Å². The minimum absolute atomic E-state index is 0.0277. The quantitative estimate of drug-likeness (QED) is 0.865. The Morgan fingerprint density at radius 3 is 2.27 bits per heavy atom. The van der Waals surface area contributed by atoms with Crippen LogP contribution in [-0.2, 0) is 9.53 Å². The number of alkyl halides is 3. The number of rotatable bonds is 2. The lowest BCUT2D eigenvalue weighted by molar-refractivity contribution is -0.174. The molecule has 1 saturated heterocycles. The van der Waals surface area contributed by atoms with Gasteiger partial charge in [0, 0.05) is 25.0 Å². The van der Waals surface area contributed by atoms with E-state index in [1.807, 2.05) is 35.6 Å². The first-order chi connectivity index (χ1) is 12.0. The predicted octanol–water partition coefficient (Wildman–Crippen LogP) is 3.46. The number of hydrogen-bond donors (Lipinski definition) is 1. The maximum absolute atomic E-state index is 12.6. The van der Waals surface area contributed by atoms with Crippen molar-refractivity contribution < 1.29 is 27.5 Å². The van der Waals surface area contributed by atoms with Crippen LogP contribution in [0.2, 0.25) is 0 Å². The predicted molar refractivity (Wildman–Crippen MR) is 89.6 cm³/mol. The number of nitrogens with zero attached hydrogens (tertiary/aromatic N) is 1. The van der Waals surface area contributed by atoms with E-state index in [4.69, 9.17) is 4.74 Å². The Morgan fingerprint density at radius 2 is 1.73 bits per heavy atom. The van der Waals surface area contributed by atoms with Gasteiger partial charge in [0.1, 0.15) is 5.60 Å². The van der Waals surface area contributed by atoms with Crippen LogP contribution in [0.1, 0.15) is 38.7 Å². The third kappa shape index (κ3) is 5.64. The molecule has 144 valence electrons. The van der Waals surface area contributed by atoms with Crippen LogP contribution in [0, 0.1) is 0 Å². The molecule has 0 aliphatic carbocycles. The molecule has 0 unspecified atom stereocenters. The van der Waals surface area contributed by atoms with Crippen LogP contribution in [0.5, 0.6) is 0 Å². The van der Waals surface area contributed by atoms with Crippen molar-refractivity contribution in [2.75, 3.05) is 13.1 Å². The number of halogens is 3. The van der Waals surface area contributed by atoms with E-state index < -0.39 is 29.8 Å². The maximum atomic E-state index is 12.6. The van der Waals surface area contributed by atoms with Gasteiger partial charge in [-0.25, -0.2) is 4.79 Å². The molecule has 1 fully saturated rings. The molecule has 1 aromatic rings. The molecule has 0 saturated carbocycles. The van der Waals surface area contributed by atoms with Gasteiger partial charge in [-0.1, -0.05) is 30.3 Å². The number of amides is 2. The third-order valence-corrected chi connectivity index (χ3v) is 3.97. The fourth-order valence-electron chi connectivity index (χ4n) is 2.91. The summed E-state index contributed by atoms with van der Waals surface area (Å²) in [4.78, 5) is 25.1. The summed E-state index contributed by atoms with van der Waals surface area (Å²) in [7, 11) is 0. The van der Waals surface area contributed by atoms with E-state index in [0.717, 1.165) is 5.56 Å². The Bertz CT molecular complexity index is 641. The molecule has 26 heavy (non-hydrogen) atoms. The van der Waals surface area contributed by atoms with Gasteiger partial charge in [-0.05, 0) is 32.8 Å². The number of carbonyl (C=O) groups excluding carboxylic acids is 2. The molecule has 0 bridgehead atoms. The fourth-order valence-corrected chi connectivity index (χ4v) is 2.91. The van der Waals surface area contributed by atoms with E-state index in [2.05, 4.69) is 0 Å². The summed E-state index contributed by atoms with van der Waals surface area (Å²) < 4.78 is 43.1. The van der Waals surface area contributed by atoms with Gasteiger partial charge in [0.05, 0.1) is 0 Å². The van der Waals surface area contributed by atoms with Gasteiger partial charge in [-0.15, -0.1) is 0 Å². The largest absolute Gasteiger partial charge is 0.471 e. The van der Waals surface area contributed by atoms with Crippen molar-refractivity contribution in [1.82, 2.24) is 10.2 Å². The SMILES string of the molecule is CC(C)(C)OC(=O)N1C[C@@H](NC(=O)C(F)(F)F)C[C@@H](c2ccccc2)C1. The van der Waals surface area contributed by atoms with Gasteiger partial charge >= 0.3 is 18.2 Å². The normalized spacial score (nSPS) is 21.2. The standard InChI is InChI=1S/C18H23F3N2O3/c1-17(2,3)26-16(25)23-10-13(12-7-5-4-6-8-12)9-14(11-23)22-15(24)18(19,20)21/h4-8,13-14H,9-11H2,1-3H3,(H,22,24)/t13-,14+/m1/s1. The molecule has 8 heteroatoms. The van der Waals surface area contributed by atoms with E-state index >= 15 is 0 Å². The van der Waals surface area contributed by atoms with E-state index in [1.165, 1.54) is 4.90 Å². The lowest BCUT2D eigenvalue weighted by atomic mass is 9.88. The number of carbonyl (C=O) groups is 2. The molecule has 1 aliphatic heterocycles. The van der Waals surface area contributed by atoms with Crippen molar-refractivity contribution in [3.8, 4) is 0 Å². The summed E-state index contributed by atoms with van der Waals surface area (Å²) in [5.74, 6) is -2.20. The molecule has 1 N–H and O–H groups in total. The zero-order valence-corrected chi connectivity index (χ0v) is 15.0. The van der Waals surface area contributed by atoms with Crippen LogP contribution in [-0.4, -0.2) is 47.8 Å². The van der Waals surface area contributed by atoms with Crippen molar-refractivity contribution in [1.29, 1.82) is 0 Å². The summed E-state index contributed by atoms with van der Waals surface area (Å²) >= 11 is 0. The van der Waals surface area contributed by atoms with Crippen LogP contribution in [0.3, 0.4) is 0 Å². The number of hydrogen-bond acceptors (Lipinski definition) is 3. The summed E-state index contributed by atoms with van der Waals surface area (Å²) in [5, 5.41) is 1.99. The molecule has 1 aliphatic rings. The number of benzene rings is 1. The Labute approximate surface area is 150 Å². The number of ether oxygens (including phenoxy) is 1. The van der Waals surface area contributed by atoms with Gasteiger partial charge in [0.15, 0.2) is 0 Å². The summed E-state index contributed by atoms with van der Waals surface area (Å²) in [6, 6.07) is 8.38. The monoisotopic (exact) mass is 372 g/mol. The minimum atomic E-state index is -4.96. The lowest BCUT2D eigenvalue weighted by Crippen LogP contribution is -2.54. The highest BCUT2D eigenvalue weighted by atomic mass is 19.4. The second-order valence-corrected chi connectivity index (χ2v) is 7.40.